The second-order valence-corrected chi connectivity index (χ2v) is 9.16. The summed E-state index contributed by atoms with van der Waals surface area (Å²) < 4.78 is 5.77. The van der Waals surface area contributed by atoms with E-state index in [9.17, 15) is 5.11 Å². The minimum Gasteiger partial charge on any atom is -0.540 e. The van der Waals surface area contributed by atoms with Crippen LogP contribution >= 0.6 is 0 Å². The fraction of sp³-hybridized carbons (Fsp3) is 0.214. The van der Waals surface area contributed by atoms with Gasteiger partial charge in [0.25, 0.3) is 0 Å². The third kappa shape index (κ3) is 3.69. The lowest BCUT2D eigenvalue weighted by Gasteiger charge is -2.29. The molecule has 0 fully saturated rings. The summed E-state index contributed by atoms with van der Waals surface area (Å²) in [4.78, 5) is 0. The Morgan fingerprint density at radius 3 is 1.94 bits per heavy atom. The highest BCUT2D eigenvalue weighted by Crippen LogP contribution is 2.48. The monoisotopic (exact) mass is 423 g/mol. The maximum absolute atomic E-state index is 10.2. The van der Waals surface area contributed by atoms with Gasteiger partial charge < -0.3 is 9.53 Å². The lowest BCUT2D eigenvalue weighted by atomic mass is 9.75. The standard InChI is InChI=1S/C28H27O2Si/c1-18-21-15-16-22(19-11-7-5-8-12-19)26(28(2,3)4)25(21)24(20-13-9-6-10-14-20)27(30-31)23(18)17-29/h5-16,29H,17H2,1-4H3. The first-order chi connectivity index (χ1) is 14.9. The van der Waals surface area contributed by atoms with Gasteiger partial charge in [-0.15, -0.1) is 0 Å². The highest BCUT2D eigenvalue weighted by Gasteiger charge is 2.28. The SMILES string of the molecule is Cc1c(CO)c(O[Si])c(-c2ccccc2)c2c(C(C)(C)C)c(-c3ccccc3)ccc12. The Labute approximate surface area is 188 Å². The van der Waals surface area contributed by atoms with Gasteiger partial charge in [-0.1, -0.05) is 93.6 Å². The Morgan fingerprint density at radius 1 is 0.839 bits per heavy atom. The Balaban J connectivity index is 2.29. The molecule has 0 amide bonds. The van der Waals surface area contributed by atoms with Gasteiger partial charge in [-0.3, -0.25) is 0 Å². The second kappa shape index (κ2) is 8.33. The van der Waals surface area contributed by atoms with Gasteiger partial charge in [0.05, 0.1) is 6.61 Å². The third-order valence-electron chi connectivity index (χ3n) is 5.97. The topological polar surface area (TPSA) is 29.5 Å². The molecule has 0 heterocycles. The van der Waals surface area contributed by atoms with Crippen molar-refractivity contribution in [3.63, 3.8) is 0 Å². The number of benzene rings is 4. The molecular formula is C28H27O2Si. The molecule has 0 saturated heterocycles. The molecule has 155 valence electrons. The number of fused-ring (bicyclic) bond motifs is 1. The highest BCUT2D eigenvalue weighted by molar-refractivity contribution is 6.09. The fourth-order valence-electron chi connectivity index (χ4n) is 4.59. The molecule has 0 aliphatic carbocycles. The zero-order valence-corrected chi connectivity index (χ0v) is 19.5. The normalized spacial score (nSPS) is 11.7. The molecule has 0 atom stereocenters. The van der Waals surface area contributed by atoms with Crippen molar-refractivity contribution >= 4 is 21.3 Å². The van der Waals surface area contributed by atoms with Gasteiger partial charge in [0.15, 0.2) is 0 Å². The van der Waals surface area contributed by atoms with Crippen molar-refractivity contribution in [2.24, 2.45) is 0 Å². The van der Waals surface area contributed by atoms with Crippen LogP contribution < -0.4 is 4.43 Å². The average Bonchev–Trinajstić information content (AvgIpc) is 2.78. The van der Waals surface area contributed by atoms with E-state index < -0.39 is 0 Å². The molecule has 0 aliphatic rings. The zero-order valence-electron chi connectivity index (χ0n) is 18.5. The van der Waals surface area contributed by atoms with E-state index in [1.807, 2.05) is 24.3 Å². The molecule has 2 nitrogen and oxygen atoms in total. The lowest BCUT2D eigenvalue weighted by Crippen LogP contribution is -2.15. The summed E-state index contributed by atoms with van der Waals surface area (Å²) in [6.07, 6.45) is 0. The van der Waals surface area contributed by atoms with E-state index >= 15 is 0 Å². The number of hydrogen-bond donors (Lipinski definition) is 1. The molecule has 4 aromatic carbocycles. The minimum absolute atomic E-state index is 0.0906. The van der Waals surface area contributed by atoms with Gasteiger partial charge in [0.2, 0.25) is 0 Å². The molecule has 0 aromatic heterocycles. The van der Waals surface area contributed by atoms with Gasteiger partial charge in [-0.2, -0.15) is 0 Å². The number of rotatable bonds is 4. The van der Waals surface area contributed by atoms with Crippen LogP contribution in [0.2, 0.25) is 0 Å². The molecule has 0 bridgehead atoms. The van der Waals surface area contributed by atoms with E-state index in [0.29, 0.717) is 5.75 Å². The molecule has 31 heavy (non-hydrogen) atoms. The number of aryl methyl sites for hydroxylation is 1. The summed E-state index contributed by atoms with van der Waals surface area (Å²) in [5.41, 5.74) is 7.46. The number of aliphatic hydroxyl groups is 1. The second-order valence-electron chi connectivity index (χ2n) is 8.96. The van der Waals surface area contributed by atoms with Gasteiger partial charge in [0, 0.05) is 11.1 Å². The van der Waals surface area contributed by atoms with Crippen LogP contribution in [-0.4, -0.2) is 15.6 Å². The Bertz CT molecular complexity index is 1220. The quantitative estimate of drug-likeness (QED) is 0.369. The molecule has 0 unspecified atom stereocenters. The average molecular weight is 424 g/mol. The van der Waals surface area contributed by atoms with Crippen LogP contribution in [0.1, 0.15) is 37.5 Å². The lowest BCUT2D eigenvalue weighted by molar-refractivity contribution is 0.278. The summed E-state index contributed by atoms with van der Waals surface area (Å²) in [5.74, 6) is 0.672. The van der Waals surface area contributed by atoms with E-state index in [-0.39, 0.29) is 12.0 Å². The highest BCUT2D eigenvalue weighted by atomic mass is 28.2. The number of hydrogen-bond acceptors (Lipinski definition) is 2. The summed E-state index contributed by atoms with van der Waals surface area (Å²) in [6.45, 7) is 8.74. The molecule has 4 aromatic rings. The Morgan fingerprint density at radius 2 is 1.42 bits per heavy atom. The van der Waals surface area contributed by atoms with Crippen molar-refractivity contribution in [1.82, 2.24) is 0 Å². The molecule has 3 radical (unpaired) electrons. The van der Waals surface area contributed by atoms with E-state index in [1.165, 1.54) is 22.1 Å². The van der Waals surface area contributed by atoms with E-state index in [0.717, 1.165) is 27.6 Å². The molecular weight excluding hydrogens is 396 g/mol. The third-order valence-corrected chi connectivity index (χ3v) is 6.17. The van der Waals surface area contributed by atoms with Crippen LogP contribution in [0, 0.1) is 6.92 Å². The van der Waals surface area contributed by atoms with Crippen molar-refractivity contribution in [2.45, 2.75) is 39.7 Å². The summed E-state index contributed by atoms with van der Waals surface area (Å²) in [5, 5.41) is 12.5. The first-order valence-corrected chi connectivity index (χ1v) is 11.0. The van der Waals surface area contributed by atoms with E-state index in [2.05, 4.69) is 86.7 Å². The first-order valence-electron chi connectivity index (χ1n) is 10.6. The van der Waals surface area contributed by atoms with Crippen LogP contribution in [0.5, 0.6) is 5.75 Å². The summed E-state index contributed by atoms with van der Waals surface area (Å²) >= 11 is 0. The summed E-state index contributed by atoms with van der Waals surface area (Å²) in [7, 11) is 3.30. The Kier molecular flexibility index (Phi) is 5.74. The maximum atomic E-state index is 10.2. The predicted molar refractivity (Wildman–Crippen MR) is 131 cm³/mol. The van der Waals surface area contributed by atoms with Crippen molar-refractivity contribution in [3.8, 4) is 28.0 Å². The van der Waals surface area contributed by atoms with Crippen LogP contribution in [0.4, 0.5) is 0 Å². The van der Waals surface area contributed by atoms with Gasteiger partial charge in [0.1, 0.15) is 5.75 Å². The minimum atomic E-state index is -0.121. The fourth-order valence-corrected chi connectivity index (χ4v) is 4.82. The van der Waals surface area contributed by atoms with Crippen LogP contribution in [0.3, 0.4) is 0 Å². The van der Waals surface area contributed by atoms with Crippen molar-refractivity contribution < 1.29 is 9.53 Å². The first kappa shape index (κ1) is 21.4. The molecule has 4 rings (SSSR count). The largest absolute Gasteiger partial charge is 0.540 e. The number of aliphatic hydroxyl groups excluding tert-OH is 1. The molecule has 0 saturated carbocycles. The van der Waals surface area contributed by atoms with E-state index in [1.54, 1.807) is 0 Å². The molecule has 0 spiro atoms. The predicted octanol–water partition coefficient (Wildman–Crippen LogP) is 6.73. The van der Waals surface area contributed by atoms with Crippen LogP contribution in [0.15, 0.2) is 72.8 Å². The Hall–Kier alpha value is -2.88. The maximum Gasteiger partial charge on any atom is 0.341 e. The van der Waals surface area contributed by atoms with Gasteiger partial charge in [-0.25, -0.2) is 0 Å². The van der Waals surface area contributed by atoms with Crippen molar-refractivity contribution in [3.05, 3.63) is 89.5 Å². The van der Waals surface area contributed by atoms with E-state index in [4.69, 9.17) is 4.43 Å². The van der Waals surface area contributed by atoms with Crippen molar-refractivity contribution in [2.75, 3.05) is 0 Å². The smallest absolute Gasteiger partial charge is 0.341 e. The molecule has 3 heteroatoms. The molecule has 0 aliphatic heterocycles. The van der Waals surface area contributed by atoms with Crippen LogP contribution in [-0.2, 0) is 12.0 Å². The van der Waals surface area contributed by atoms with Crippen LogP contribution in [0.25, 0.3) is 33.0 Å². The summed E-state index contributed by atoms with van der Waals surface area (Å²) in [6, 6.07) is 25.2. The van der Waals surface area contributed by atoms with Crippen molar-refractivity contribution in [1.29, 1.82) is 0 Å². The van der Waals surface area contributed by atoms with Gasteiger partial charge in [-0.05, 0) is 50.9 Å². The zero-order chi connectivity index (χ0) is 22.2. The van der Waals surface area contributed by atoms with Gasteiger partial charge >= 0.3 is 10.5 Å². The molecule has 1 N–H and O–H groups in total.